The number of rotatable bonds is 7. The van der Waals surface area contributed by atoms with Crippen LogP contribution in [0.5, 0.6) is 0 Å². The summed E-state index contributed by atoms with van der Waals surface area (Å²) in [6, 6.07) is 2.65. The molecule has 0 aliphatic rings. The SMILES string of the molecule is CCC(C)CC(CCc1ccsc1)NN. The third-order valence-electron chi connectivity index (χ3n) is 2.98. The van der Waals surface area contributed by atoms with Gasteiger partial charge in [-0.15, -0.1) is 0 Å². The molecule has 0 fully saturated rings. The molecule has 0 aliphatic carbocycles. The second kappa shape index (κ2) is 6.99. The Hall–Kier alpha value is -0.380. The molecule has 1 rings (SSSR count). The normalized spacial score (nSPS) is 15.1. The number of hydrazine groups is 1. The summed E-state index contributed by atoms with van der Waals surface area (Å²) in [5.74, 6) is 6.33. The number of thiophene rings is 1. The lowest BCUT2D eigenvalue weighted by Gasteiger charge is -2.19. The van der Waals surface area contributed by atoms with E-state index in [4.69, 9.17) is 5.84 Å². The lowest BCUT2D eigenvalue weighted by atomic mass is 9.96. The summed E-state index contributed by atoms with van der Waals surface area (Å²) in [4.78, 5) is 0. The molecular formula is C12H22N2S. The maximum atomic E-state index is 5.57. The zero-order valence-electron chi connectivity index (χ0n) is 9.70. The fourth-order valence-electron chi connectivity index (χ4n) is 1.70. The van der Waals surface area contributed by atoms with Gasteiger partial charge >= 0.3 is 0 Å². The Labute approximate surface area is 96.9 Å². The van der Waals surface area contributed by atoms with Gasteiger partial charge in [0.25, 0.3) is 0 Å². The highest BCUT2D eigenvalue weighted by atomic mass is 32.1. The molecule has 1 aromatic rings. The van der Waals surface area contributed by atoms with E-state index in [0.717, 1.165) is 18.8 Å². The minimum absolute atomic E-state index is 0.458. The Balaban J connectivity index is 2.27. The van der Waals surface area contributed by atoms with E-state index >= 15 is 0 Å². The fraction of sp³-hybridized carbons (Fsp3) is 0.667. The molecule has 1 heterocycles. The van der Waals surface area contributed by atoms with E-state index in [1.807, 2.05) is 0 Å². The maximum Gasteiger partial charge on any atom is 0.0216 e. The van der Waals surface area contributed by atoms with Crippen molar-refractivity contribution in [2.24, 2.45) is 11.8 Å². The van der Waals surface area contributed by atoms with Crippen molar-refractivity contribution < 1.29 is 0 Å². The number of nitrogens with two attached hydrogens (primary N) is 1. The predicted molar refractivity (Wildman–Crippen MR) is 67.8 cm³/mol. The number of hydrogen-bond acceptors (Lipinski definition) is 3. The van der Waals surface area contributed by atoms with Crippen molar-refractivity contribution in [3.8, 4) is 0 Å². The summed E-state index contributed by atoms with van der Waals surface area (Å²) >= 11 is 1.77. The number of hydrogen-bond donors (Lipinski definition) is 2. The van der Waals surface area contributed by atoms with E-state index in [9.17, 15) is 0 Å². The average Bonchev–Trinajstić information content (AvgIpc) is 2.76. The molecular weight excluding hydrogens is 204 g/mol. The smallest absolute Gasteiger partial charge is 0.0216 e. The first-order valence-corrected chi connectivity index (χ1v) is 6.67. The molecule has 2 atom stereocenters. The molecule has 2 unspecified atom stereocenters. The lowest BCUT2D eigenvalue weighted by Crippen LogP contribution is -2.36. The van der Waals surface area contributed by atoms with Gasteiger partial charge in [-0.25, -0.2) is 0 Å². The van der Waals surface area contributed by atoms with Gasteiger partial charge in [-0.3, -0.25) is 11.3 Å². The molecule has 86 valence electrons. The van der Waals surface area contributed by atoms with Gasteiger partial charge in [0, 0.05) is 6.04 Å². The summed E-state index contributed by atoms with van der Waals surface area (Å²) in [5, 5.41) is 4.35. The fourth-order valence-corrected chi connectivity index (χ4v) is 2.40. The third kappa shape index (κ3) is 4.78. The van der Waals surface area contributed by atoms with E-state index in [1.54, 1.807) is 11.3 Å². The standard InChI is InChI=1S/C12H22N2S/c1-3-10(2)8-12(14-13)5-4-11-6-7-15-9-11/h6-7,9-10,12,14H,3-5,8,13H2,1-2H3. The van der Waals surface area contributed by atoms with Gasteiger partial charge in [-0.1, -0.05) is 20.3 Å². The molecule has 0 saturated heterocycles. The summed E-state index contributed by atoms with van der Waals surface area (Å²) in [6.07, 6.45) is 4.68. The molecule has 15 heavy (non-hydrogen) atoms. The Morgan fingerprint density at radius 2 is 2.33 bits per heavy atom. The molecule has 0 aliphatic heterocycles. The van der Waals surface area contributed by atoms with Crippen molar-refractivity contribution in [1.29, 1.82) is 0 Å². The van der Waals surface area contributed by atoms with Crippen LogP contribution in [0.25, 0.3) is 0 Å². The van der Waals surface area contributed by atoms with Crippen molar-refractivity contribution in [2.75, 3.05) is 0 Å². The molecule has 2 nitrogen and oxygen atoms in total. The summed E-state index contributed by atoms with van der Waals surface area (Å²) < 4.78 is 0. The molecule has 3 N–H and O–H groups in total. The van der Waals surface area contributed by atoms with E-state index in [1.165, 1.54) is 18.4 Å². The largest absolute Gasteiger partial charge is 0.271 e. The van der Waals surface area contributed by atoms with Crippen LogP contribution in [0, 0.1) is 5.92 Å². The van der Waals surface area contributed by atoms with Gasteiger partial charge < -0.3 is 0 Å². The Morgan fingerprint density at radius 1 is 1.53 bits per heavy atom. The van der Waals surface area contributed by atoms with Crippen molar-refractivity contribution in [3.05, 3.63) is 22.4 Å². The van der Waals surface area contributed by atoms with Crippen LogP contribution in [0.2, 0.25) is 0 Å². The van der Waals surface area contributed by atoms with Crippen LogP contribution in [0.15, 0.2) is 16.8 Å². The first kappa shape index (κ1) is 12.7. The number of nitrogens with one attached hydrogen (secondary N) is 1. The van der Waals surface area contributed by atoms with Crippen LogP contribution in [0.1, 0.15) is 38.7 Å². The van der Waals surface area contributed by atoms with Gasteiger partial charge in [-0.05, 0) is 47.6 Å². The molecule has 0 spiro atoms. The van der Waals surface area contributed by atoms with Crippen molar-refractivity contribution in [3.63, 3.8) is 0 Å². The molecule has 0 saturated carbocycles. The second-order valence-corrected chi connectivity index (χ2v) is 5.06. The van der Waals surface area contributed by atoms with Gasteiger partial charge in [0.1, 0.15) is 0 Å². The van der Waals surface area contributed by atoms with Gasteiger partial charge in [0.05, 0.1) is 0 Å². The second-order valence-electron chi connectivity index (χ2n) is 4.28. The van der Waals surface area contributed by atoms with Crippen molar-refractivity contribution >= 4 is 11.3 Å². The number of aryl methyl sites for hydroxylation is 1. The molecule has 0 bridgehead atoms. The Kier molecular flexibility index (Phi) is 5.91. The van der Waals surface area contributed by atoms with Crippen LogP contribution in [-0.2, 0) is 6.42 Å². The van der Waals surface area contributed by atoms with E-state index < -0.39 is 0 Å². The zero-order valence-corrected chi connectivity index (χ0v) is 10.5. The van der Waals surface area contributed by atoms with Gasteiger partial charge in [0.2, 0.25) is 0 Å². The minimum atomic E-state index is 0.458. The van der Waals surface area contributed by atoms with Crippen LogP contribution < -0.4 is 11.3 Å². The molecule has 3 heteroatoms. The topological polar surface area (TPSA) is 38.0 Å². The van der Waals surface area contributed by atoms with Gasteiger partial charge in [0.15, 0.2) is 0 Å². The quantitative estimate of drug-likeness (QED) is 0.554. The third-order valence-corrected chi connectivity index (χ3v) is 3.71. The summed E-state index contributed by atoms with van der Waals surface area (Å²) in [5.41, 5.74) is 4.37. The predicted octanol–water partition coefficient (Wildman–Crippen LogP) is 2.95. The first-order chi connectivity index (χ1) is 7.26. The van der Waals surface area contributed by atoms with Gasteiger partial charge in [-0.2, -0.15) is 11.3 Å². The van der Waals surface area contributed by atoms with E-state index in [-0.39, 0.29) is 0 Å². The van der Waals surface area contributed by atoms with Crippen LogP contribution in [0.3, 0.4) is 0 Å². The van der Waals surface area contributed by atoms with Crippen molar-refractivity contribution in [1.82, 2.24) is 5.43 Å². The van der Waals surface area contributed by atoms with Crippen molar-refractivity contribution in [2.45, 2.75) is 45.6 Å². The van der Waals surface area contributed by atoms with E-state index in [0.29, 0.717) is 6.04 Å². The lowest BCUT2D eigenvalue weighted by molar-refractivity contribution is 0.381. The molecule has 0 amide bonds. The van der Waals surface area contributed by atoms with E-state index in [2.05, 4.69) is 36.1 Å². The highest BCUT2D eigenvalue weighted by molar-refractivity contribution is 7.07. The molecule has 0 aromatic carbocycles. The van der Waals surface area contributed by atoms with Crippen LogP contribution in [-0.4, -0.2) is 6.04 Å². The zero-order chi connectivity index (χ0) is 11.1. The Bertz CT molecular complexity index is 246. The van der Waals surface area contributed by atoms with Crippen LogP contribution in [0.4, 0.5) is 0 Å². The summed E-state index contributed by atoms with van der Waals surface area (Å²) in [6.45, 7) is 4.52. The highest BCUT2D eigenvalue weighted by Crippen LogP contribution is 2.15. The monoisotopic (exact) mass is 226 g/mol. The molecule has 1 aromatic heterocycles. The summed E-state index contributed by atoms with van der Waals surface area (Å²) in [7, 11) is 0. The maximum absolute atomic E-state index is 5.57. The Morgan fingerprint density at radius 3 is 2.87 bits per heavy atom. The van der Waals surface area contributed by atoms with Crippen LogP contribution >= 0.6 is 11.3 Å². The highest BCUT2D eigenvalue weighted by Gasteiger charge is 2.10. The first-order valence-electron chi connectivity index (χ1n) is 5.73. The average molecular weight is 226 g/mol. The minimum Gasteiger partial charge on any atom is -0.271 e. The molecule has 0 radical (unpaired) electrons.